The van der Waals surface area contributed by atoms with E-state index in [-0.39, 0.29) is 31.0 Å². The number of hydrogen-bond acceptors (Lipinski definition) is 4. The minimum Gasteiger partial charge on any atom is -0.459 e. The van der Waals surface area contributed by atoms with Gasteiger partial charge in [0.1, 0.15) is 17.9 Å². The van der Waals surface area contributed by atoms with E-state index in [0.29, 0.717) is 9.50 Å². The number of aromatic nitrogens is 1. The van der Waals surface area contributed by atoms with Gasteiger partial charge in [0, 0.05) is 16.0 Å². The quantitative estimate of drug-likeness (QED) is 0.787. The number of pyridine rings is 1. The molecular formula is C16H12BrClN2O4. The molecule has 24 heavy (non-hydrogen) atoms. The summed E-state index contributed by atoms with van der Waals surface area (Å²) in [6, 6.07) is 8.36. The van der Waals surface area contributed by atoms with Crippen LogP contribution in [0.15, 0.2) is 39.6 Å². The number of carbonyl (C=O) groups excluding carboxylic acids is 2. The molecule has 1 amide bonds. The van der Waals surface area contributed by atoms with Gasteiger partial charge in [0.25, 0.3) is 11.5 Å². The minimum atomic E-state index is -0.585. The van der Waals surface area contributed by atoms with E-state index < -0.39 is 17.4 Å². The molecule has 3 rings (SSSR count). The Kier molecular flexibility index (Phi) is 4.73. The maximum atomic E-state index is 12.5. The Morgan fingerprint density at radius 2 is 2.00 bits per heavy atom. The summed E-state index contributed by atoms with van der Waals surface area (Å²) < 4.78 is 6.52. The summed E-state index contributed by atoms with van der Waals surface area (Å²) >= 11 is 9.04. The molecule has 6 nitrogen and oxygen atoms in total. The van der Waals surface area contributed by atoms with Gasteiger partial charge in [0.2, 0.25) is 0 Å². The van der Waals surface area contributed by atoms with Crippen molar-refractivity contribution in [1.82, 2.24) is 9.88 Å². The number of ether oxygens (including phenoxy) is 1. The number of halogens is 2. The van der Waals surface area contributed by atoms with E-state index in [1.165, 1.54) is 10.6 Å². The Bertz CT molecular complexity index is 877. The predicted octanol–water partition coefficient (Wildman–Crippen LogP) is 2.36. The molecule has 1 aromatic heterocycles. The number of fused-ring (bicyclic) bond motifs is 1. The Morgan fingerprint density at radius 1 is 1.29 bits per heavy atom. The van der Waals surface area contributed by atoms with Gasteiger partial charge in [-0.15, -0.1) is 0 Å². The van der Waals surface area contributed by atoms with E-state index in [1.807, 2.05) is 0 Å². The topological polar surface area (TPSA) is 77.4 Å². The first-order valence-electron chi connectivity index (χ1n) is 7.10. The summed E-state index contributed by atoms with van der Waals surface area (Å²) in [4.78, 5) is 36.6. The first-order chi connectivity index (χ1) is 11.5. The highest BCUT2D eigenvalue weighted by Crippen LogP contribution is 2.20. The molecule has 0 saturated carbocycles. The zero-order valence-corrected chi connectivity index (χ0v) is 14.7. The highest BCUT2D eigenvalue weighted by molar-refractivity contribution is 9.10. The van der Waals surface area contributed by atoms with Gasteiger partial charge in [0.05, 0.1) is 6.54 Å². The van der Waals surface area contributed by atoms with Crippen molar-refractivity contribution < 1.29 is 14.3 Å². The van der Waals surface area contributed by atoms with E-state index in [0.717, 1.165) is 5.56 Å². The third kappa shape index (κ3) is 3.22. The summed E-state index contributed by atoms with van der Waals surface area (Å²) in [6.45, 7) is 0.585. The standard InChI is InChI=1S/C16H12BrClN2O4/c17-12-7-11(15(22)20-5-6-24-16(23)13(12)20)14(21)19-8-9-1-3-10(18)4-2-9/h1-4,7H,5-6,8H2,(H,19,21). The van der Waals surface area contributed by atoms with Crippen molar-refractivity contribution >= 4 is 39.4 Å². The highest BCUT2D eigenvalue weighted by atomic mass is 79.9. The van der Waals surface area contributed by atoms with E-state index in [4.69, 9.17) is 16.3 Å². The Hall–Kier alpha value is -2.12. The molecule has 0 radical (unpaired) electrons. The zero-order valence-electron chi connectivity index (χ0n) is 12.3. The van der Waals surface area contributed by atoms with Gasteiger partial charge in [-0.2, -0.15) is 0 Å². The maximum absolute atomic E-state index is 12.5. The second-order valence-electron chi connectivity index (χ2n) is 5.16. The largest absolute Gasteiger partial charge is 0.459 e. The number of amides is 1. The number of esters is 1. The third-order valence-corrected chi connectivity index (χ3v) is 4.45. The molecule has 0 bridgehead atoms. The number of rotatable bonds is 3. The summed E-state index contributed by atoms with van der Waals surface area (Å²) in [5.74, 6) is -1.09. The van der Waals surface area contributed by atoms with Crippen LogP contribution in [0, 0.1) is 0 Å². The normalized spacial score (nSPS) is 13.2. The summed E-state index contributed by atoms with van der Waals surface area (Å²) in [5.41, 5.74) is 0.432. The first-order valence-corrected chi connectivity index (χ1v) is 8.27. The van der Waals surface area contributed by atoms with Crippen molar-refractivity contribution in [3.63, 3.8) is 0 Å². The second-order valence-corrected chi connectivity index (χ2v) is 6.45. The summed E-state index contributed by atoms with van der Waals surface area (Å²) in [5, 5.41) is 3.29. The average Bonchev–Trinajstić information content (AvgIpc) is 2.57. The lowest BCUT2D eigenvalue weighted by atomic mass is 10.2. The molecule has 0 atom stereocenters. The number of nitrogens with one attached hydrogen (secondary N) is 1. The van der Waals surface area contributed by atoms with Crippen LogP contribution in [0.1, 0.15) is 26.4 Å². The van der Waals surface area contributed by atoms with E-state index >= 15 is 0 Å². The van der Waals surface area contributed by atoms with Gasteiger partial charge in [-0.05, 0) is 39.7 Å². The molecule has 8 heteroatoms. The maximum Gasteiger partial charge on any atom is 0.356 e. The van der Waals surface area contributed by atoms with Gasteiger partial charge in [-0.1, -0.05) is 23.7 Å². The Balaban J connectivity index is 1.85. The molecule has 0 aliphatic carbocycles. The fraction of sp³-hybridized carbons (Fsp3) is 0.188. The lowest BCUT2D eigenvalue weighted by Gasteiger charge is -2.19. The molecule has 0 spiro atoms. The molecule has 2 heterocycles. The van der Waals surface area contributed by atoms with Crippen molar-refractivity contribution in [1.29, 1.82) is 0 Å². The van der Waals surface area contributed by atoms with E-state index in [2.05, 4.69) is 21.2 Å². The monoisotopic (exact) mass is 410 g/mol. The smallest absolute Gasteiger partial charge is 0.356 e. The molecule has 1 aliphatic rings. The van der Waals surface area contributed by atoms with E-state index in [1.54, 1.807) is 24.3 Å². The molecule has 2 aromatic rings. The SMILES string of the molecule is O=C(NCc1ccc(Cl)cc1)c1cc(Br)c2n(c1=O)CCOC2=O. The summed E-state index contributed by atoms with van der Waals surface area (Å²) in [7, 11) is 0. The number of hydrogen-bond donors (Lipinski definition) is 1. The number of cyclic esters (lactones) is 1. The van der Waals surface area contributed by atoms with Crippen LogP contribution in [0.3, 0.4) is 0 Å². The first kappa shape index (κ1) is 16.7. The number of benzene rings is 1. The van der Waals surface area contributed by atoms with Gasteiger partial charge in [-0.3, -0.25) is 14.2 Å². The van der Waals surface area contributed by atoms with Crippen LogP contribution in [-0.4, -0.2) is 23.1 Å². The molecule has 1 N–H and O–H groups in total. The van der Waals surface area contributed by atoms with Gasteiger partial charge >= 0.3 is 5.97 Å². The van der Waals surface area contributed by atoms with Crippen molar-refractivity contribution in [2.45, 2.75) is 13.1 Å². The van der Waals surface area contributed by atoms with Crippen molar-refractivity contribution in [3.8, 4) is 0 Å². The van der Waals surface area contributed by atoms with Gasteiger partial charge < -0.3 is 10.1 Å². The van der Waals surface area contributed by atoms with Crippen LogP contribution in [-0.2, 0) is 17.8 Å². The highest BCUT2D eigenvalue weighted by Gasteiger charge is 2.26. The van der Waals surface area contributed by atoms with Crippen LogP contribution in [0.4, 0.5) is 0 Å². The van der Waals surface area contributed by atoms with E-state index in [9.17, 15) is 14.4 Å². The second kappa shape index (κ2) is 6.78. The number of nitrogens with zero attached hydrogens (tertiary/aromatic N) is 1. The fourth-order valence-corrected chi connectivity index (χ4v) is 3.13. The molecule has 0 fully saturated rings. The van der Waals surface area contributed by atoms with Crippen LogP contribution in [0.25, 0.3) is 0 Å². The predicted molar refractivity (Wildman–Crippen MR) is 91.3 cm³/mol. The molecular weight excluding hydrogens is 400 g/mol. The minimum absolute atomic E-state index is 0.0331. The van der Waals surface area contributed by atoms with Gasteiger partial charge in [0.15, 0.2) is 0 Å². The van der Waals surface area contributed by atoms with Crippen LogP contribution < -0.4 is 10.9 Å². The molecule has 0 saturated heterocycles. The van der Waals surface area contributed by atoms with Crippen LogP contribution >= 0.6 is 27.5 Å². The van der Waals surface area contributed by atoms with Crippen molar-refractivity contribution in [3.05, 3.63) is 67.0 Å². The zero-order chi connectivity index (χ0) is 17.3. The average molecular weight is 412 g/mol. The lowest BCUT2D eigenvalue weighted by Crippen LogP contribution is -2.39. The van der Waals surface area contributed by atoms with Crippen LogP contribution in [0.5, 0.6) is 0 Å². The molecule has 124 valence electrons. The molecule has 0 unspecified atom stereocenters. The van der Waals surface area contributed by atoms with Crippen molar-refractivity contribution in [2.75, 3.05) is 6.61 Å². The molecule has 1 aliphatic heterocycles. The van der Waals surface area contributed by atoms with Crippen molar-refractivity contribution in [2.24, 2.45) is 0 Å². The Labute approximate surface area is 150 Å². The number of carbonyl (C=O) groups is 2. The van der Waals surface area contributed by atoms with Gasteiger partial charge in [-0.25, -0.2) is 4.79 Å². The fourth-order valence-electron chi connectivity index (χ4n) is 2.39. The summed E-state index contributed by atoms with van der Waals surface area (Å²) in [6.07, 6.45) is 0. The molecule has 1 aromatic carbocycles. The Morgan fingerprint density at radius 3 is 2.71 bits per heavy atom. The lowest BCUT2D eigenvalue weighted by molar-refractivity contribution is 0.0413. The third-order valence-electron chi connectivity index (χ3n) is 3.60. The van der Waals surface area contributed by atoms with Crippen LogP contribution in [0.2, 0.25) is 5.02 Å².